The Morgan fingerprint density at radius 3 is 1.73 bits per heavy atom. The number of aliphatic hydroxyl groups excluding tert-OH is 1. The van der Waals surface area contributed by atoms with Crippen molar-refractivity contribution < 1.29 is 20.0 Å². The molecule has 0 aliphatic carbocycles. The summed E-state index contributed by atoms with van der Waals surface area (Å²) in [4.78, 5) is 3.87. The third kappa shape index (κ3) is 31.7. The first kappa shape index (κ1) is 36.5. The predicted molar refractivity (Wildman–Crippen MR) is 69.0 cm³/mol. The van der Waals surface area contributed by atoms with Gasteiger partial charge in [0.1, 0.15) is 0 Å². The van der Waals surface area contributed by atoms with E-state index in [-0.39, 0.29) is 42.9 Å². The molecular formula is C11H32O4. The number of rotatable bonds is 5. The van der Waals surface area contributed by atoms with Crippen LogP contribution in [0.1, 0.15) is 43.1 Å². The lowest BCUT2D eigenvalue weighted by Gasteiger charge is -2.09. The molecule has 0 rings (SSSR count). The van der Waals surface area contributed by atoms with Crippen LogP contribution < -0.4 is 0 Å². The van der Waals surface area contributed by atoms with Gasteiger partial charge >= 0.3 is 0 Å². The molecule has 0 spiro atoms. The SMILES string of the molecule is C.C.C.C.C=C.CCC(OO)OCCO. The Hall–Kier alpha value is -0.420. The Kier molecular flexibility index (Phi) is 91.1. The Balaban J connectivity index is -0.0000000317. The van der Waals surface area contributed by atoms with E-state index >= 15 is 0 Å². The topological polar surface area (TPSA) is 58.9 Å². The molecule has 100 valence electrons. The van der Waals surface area contributed by atoms with Crippen molar-refractivity contribution in [1.29, 1.82) is 0 Å². The standard InChI is InChI=1S/C5H12O4.C2H4.4CH4/c1-2-5(9-7)8-4-3-6;1-2;;;;/h5-7H,2-4H2,1H3;1-2H2;4*1H4. The van der Waals surface area contributed by atoms with Crippen molar-refractivity contribution in [2.24, 2.45) is 0 Å². The smallest absolute Gasteiger partial charge is 0.190 e. The summed E-state index contributed by atoms with van der Waals surface area (Å²) in [6.45, 7) is 7.94. The highest BCUT2D eigenvalue weighted by atomic mass is 17.1. The van der Waals surface area contributed by atoms with Gasteiger partial charge in [-0.3, -0.25) is 0 Å². The quantitative estimate of drug-likeness (QED) is 0.327. The molecule has 4 heteroatoms. The van der Waals surface area contributed by atoms with Gasteiger partial charge in [-0.25, -0.2) is 10.1 Å². The summed E-state index contributed by atoms with van der Waals surface area (Å²) in [5.74, 6) is 0. The van der Waals surface area contributed by atoms with Crippen molar-refractivity contribution in [3.05, 3.63) is 13.2 Å². The first-order valence-corrected chi connectivity index (χ1v) is 3.37. The van der Waals surface area contributed by atoms with Crippen LogP contribution in [0.5, 0.6) is 0 Å². The second-order valence-corrected chi connectivity index (χ2v) is 1.54. The highest BCUT2D eigenvalue weighted by molar-refractivity contribution is 4.34. The van der Waals surface area contributed by atoms with Crippen LogP contribution in [0.15, 0.2) is 13.2 Å². The fourth-order valence-electron chi connectivity index (χ4n) is 0.407. The molecule has 0 saturated carbocycles. The molecule has 0 saturated heterocycles. The molecule has 1 unspecified atom stereocenters. The van der Waals surface area contributed by atoms with Crippen LogP contribution in [0.4, 0.5) is 0 Å². The van der Waals surface area contributed by atoms with Gasteiger partial charge in [-0.2, -0.15) is 0 Å². The van der Waals surface area contributed by atoms with Crippen LogP contribution in [0.3, 0.4) is 0 Å². The van der Waals surface area contributed by atoms with Crippen LogP contribution in [-0.2, 0) is 9.62 Å². The molecule has 0 aliphatic rings. The van der Waals surface area contributed by atoms with Crippen LogP contribution in [0.2, 0.25) is 0 Å². The third-order valence-electron chi connectivity index (χ3n) is 0.846. The molecule has 0 fully saturated rings. The van der Waals surface area contributed by atoms with E-state index in [0.717, 1.165) is 0 Å². The number of ether oxygens (including phenoxy) is 1. The largest absolute Gasteiger partial charge is 0.394 e. The van der Waals surface area contributed by atoms with E-state index in [1.807, 2.05) is 0 Å². The Morgan fingerprint density at radius 2 is 1.53 bits per heavy atom. The lowest BCUT2D eigenvalue weighted by atomic mass is 10.5. The average Bonchev–Trinajstić information content (AvgIpc) is 2.10. The molecule has 0 radical (unpaired) electrons. The van der Waals surface area contributed by atoms with Crippen molar-refractivity contribution in [1.82, 2.24) is 0 Å². The lowest BCUT2D eigenvalue weighted by Crippen LogP contribution is -2.16. The molecule has 15 heavy (non-hydrogen) atoms. The summed E-state index contributed by atoms with van der Waals surface area (Å²) in [5, 5.41) is 16.3. The number of aliphatic hydroxyl groups is 1. The first-order valence-electron chi connectivity index (χ1n) is 3.37. The molecule has 0 aliphatic heterocycles. The monoisotopic (exact) mass is 228 g/mol. The van der Waals surface area contributed by atoms with Gasteiger partial charge in [-0.15, -0.1) is 13.2 Å². The summed E-state index contributed by atoms with van der Waals surface area (Å²) in [6.07, 6.45) is -0.0339. The molecular weight excluding hydrogens is 196 g/mol. The van der Waals surface area contributed by atoms with Crippen molar-refractivity contribution >= 4 is 0 Å². The summed E-state index contributed by atoms with van der Waals surface area (Å²) < 4.78 is 4.77. The van der Waals surface area contributed by atoms with Crippen LogP contribution in [-0.4, -0.2) is 29.9 Å². The highest BCUT2D eigenvalue weighted by Gasteiger charge is 2.03. The van der Waals surface area contributed by atoms with Gasteiger partial charge in [-0.05, 0) is 6.42 Å². The minimum Gasteiger partial charge on any atom is -0.394 e. The molecule has 2 N–H and O–H groups in total. The predicted octanol–water partition coefficient (Wildman–Crippen LogP) is 3.57. The Bertz CT molecular complexity index is 65.6. The maximum Gasteiger partial charge on any atom is 0.190 e. The first-order chi connectivity index (χ1) is 5.35. The van der Waals surface area contributed by atoms with E-state index in [1.165, 1.54) is 0 Å². The van der Waals surface area contributed by atoms with Gasteiger partial charge in [0.25, 0.3) is 0 Å². The Morgan fingerprint density at radius 1 is 1.13 bits per heavy atom. The van der Waals surface area contributed by atoms with E-state index in [1.54, 1.807) is 6.92 Å². The van der Waals surface area contributed by atoms with Crippen molar-refractivity contribution in [3.63, 3.8) is 0 Å². The summed E-state index contributed by atoms with van der Waals surface area (Å²) in [5.41, 5.74) is 0. The van der Waals surface area contributed by atoms with E-state index in [0.29, 0.717) is 6.42 Å². The average molecular weight is 228 g/mol. The van der Waals surface area contributed by atoms with Gasteiger partial charge in [0, 0.05) is 0 Å². The maximum absolute atomic E-state index is 8.24. The molecule has 1 atom stereocenters. The molecule has 0 heterocycles. The van der Waals surface area contributed by atoms with Crippen LogP contribution in [0, 0.1) is 0 Å². The molecule has 0 bridgehead atoms. The lowest BCUT2D eigenvalue weighted by molar-refractivity contribution is -0.346. The van der Waals surface area contributed by atoms with Crippen LogP contribution >= 0.6 is 0 Å². The molecule has 0 amide bonds. The van der Waals surface area contributed by atoms with Crippen molar-refractivity contribution in [2.75, 3.05) is 13.2 Å². The normalized spacial score (nSPS) is 8.47. The van der Waals surface area contributed by atoms with Gasteiger partial charge in [0.15, 0.2) is 6.29 Å². The van der Waals surface area contributed by atoms with Crippen molar-refractivity contribution in [2.45, 2.75) is 49.3 Å². The maximum atomic E-state index is 8.24. The van der Waals surface area contributed by atoms with E-state index in [2.05, 4.69) is 18.0 Å². The summed E-state index contributed by atoms with van der Waals surface area (Å²) >= 11 is 0. The van der Waals surface area contributed by atoms with E-state index < -0.39 is 6.29 Å². The van der Waals surface area contributed by atoms with Gasteiger partial charge in [0.2, 0.25) is 0 Å². The zero-order chi connectivity index (χ0) is 9.11. The van der Waals surface area contributed by atoms with E-state index in [4.69, 9.17) is 15.1 Å². The molecule has 0 aromatic heterocycles. The molecule has 0 aromatic carbocycles. The highest BCUT2D eigenvalue weighted by Crippen LogP contribution is 1.96. The van der Waals surface area contributed by atoms with E-state index in [9.17, 15) is 0 Å². The zero-order valence-electron chi connectivity index (χ0n) is 6.82. The van der Waals surface area contributed by atoms with Gasteiger partial charge in [-0.1, -0.05) is 36.6 Å². The Labute approximate surface area is 96.5 Å². The second kappa shape index (κ2) is 37.4. The third-order valence-corrected chi connectivity index (χ3v) is 0.846. The molecule has 0 aromatic rings. The summed E-state index contributed by atoms with van der Waals surface area (Å²) in [7, 11) is 0. The number of hydrogen-bond donors (Lipinski definition) is 2. The van der Waals surface area contributed by atoms with Crippen molar-refractivity contribution in [3.8, 4) is 0 Å². The van der Waals surface area contributed by atoms with Gasteiger partial charge in [0.05, 0.1) is 13.2 Å². The minimum atomic E-state index is -0.600. The second-order valence-electron chi connectivity index (χ2n) is 1.54. The minimum absolute atomic E-state index is 0. The van der Waals surface area contributed by atoms with Gasteiger partial charge < -0.3 is 9.84 Å². The van der Waals surface area contributed by atoms with Crippen LogP contribution in [0.25, 0.3) is 0 Å². The zero-order valence-corrected chi connectivity index (χ0v) is 6.82. The number of hydrogen-bond acceptors (Lipinski definition) is 4. The fourth-order valence-corrected chi connectivity index (χ4v) is 0.407. The molecule has 4 nitrogen and oxygen atoms in total. The fraction of sp³-hybridized carbons (Fsp3) is 0.818. The summed E-state index contributed by atoms with van der Waals surface area (Å²) in [6, 6.07) is 0.